The van der Waals surface area contributed by atoms with E-state index in [0.29, 0.717) is 16.7 Å². The maximum absolute atomic E-state index is 11.3. The van der Waals surface area contributed by atoms with Gasteiger partial charge in [-0.25, -0.2) is 0 Å². The fourth-order valence-electron chi connectivity index (χ4n) is 6.82. The normalized spacial score (nSPS) is 48.7. The summed E-state index contributed by atoms with van der Waals surface area (Å²) >= 11 is 0. The predicted octanol–water partition coefficient (Wildman–Crippen LogP) is 5.27. The number of carbonyl (C=O) groups is 1. The van der Waals surface area contributed by atoms with Gasteiger partial charge in [-0.1, -0.05) is 31.9 Å². The van der Waals surface area contributed by atoms with Crippen LogP contribution in [0.15, 0.2) is 11.6 Å². The summed E-state index contributed by atoms with van der Waals surface area (Å²) in [6, 6.07) is 0. The standard InChI is InChI=1S/C21H32O2/c1-14(22)23-16-8-12-21(3)15(13-16)6-7-17-18-5-4-10-20(18,2)11-9-19(17)21/h9,15-18H,4-8,10-13H2,1-3H3/t15-,16+,17-,18-,20-,21-/m0/s1. The number of hydrogen-bond acceptors (Lipinski definition) is 2. The van der Waals surface area contributed by atoms with Crippen LogP contribution in [0.3, 0.4) is 0 Å². The second-order valence-electron chi connectivity index (χ2n) is 9.32. The fraction of sp³-hybridized carbons (Fsp3) is 0.857. The Morgan fingerprint density at radius 3 is 2.78 bits per heavy atom. The molecule has 0 N–H and O–H groups in total. The molecule has 0 unspecified atom stereocenters. The van der Waals surface area contributed by atoms with E-state index in [9.17, 15) is 4.79 Å². The predicted molar refractivity (Wildman–Crippen MR) is 91.9 cm³/mol. The number of esters is 1. The average Bonchev–Trinajstić information content (AvgIpc) is 2.89. The third kappa shape index (κ3) is 2.39. The summed E-state index contributed by atoms with van der Waals surface area (Å²) in [4.78, 5) is 11.3. The average molecular weight is 316 g/mol. The highest BCUT2D eigenvalue weighted by molar-refractivity contribution is 5.66. The van der Waals surface area contributed by atoms with Crippen LogP contribution in [-0.2, 0) is 9.53 Å². The highest BCUT2D eigenvalue weighted by Crippen LogP contribution is 2.64. The molecule has 3 fully saturated rings. The smallest absolute Gasteiger partial charge is 0.302 e. The van der Waals surface area contributed by atoms with Gasteiger partial charge in [-0.3, -0.25) is 4.79 Å². The van der Waals surface area contributed by atoms with Crippen molar-refractivity contribution < 1.29 is 9.53 Å². The van der Waals surface area contributed by atoms with Gasteiger partial charge in [0, 0.05) is 6.92 Å². The van der Waals surface area contributed by atoms with Crippen molar-refractivity contribution in [2.75, 3.05) is 0 Å². The quantitative estimate of drug-likeness (QED) is 0.486. The Bertz CT molecular complexity index is 536. The molecule has 0 amide bonds. The molecule has 0 aromatic rings. The lowest BCUT2D eigenvalue weighted by atomic mass is 9.49. The summed E-state index contributed by atoms with van der Waals surface area (Å²) in [6.07, 6.45) is 14.5. The Balaban J connectivity index is 1.58. The topological polar surface area (TPSA) is 26.3 Å². The van der Waals surface area contributed by atoms with Crippen LogP contribution < -0.4 is 0 Å². The Morgan fingerprint density at radius 1 is 1.17 bits per heavy atom. The fourth-order valence-corrected chi connectivity index (χ4v) is 6.82. The van der Waals surface area contributed by atoms with Crippen molar-refractivity contribution in [2.24, 2.45) is 28.6 Å². The molecule has 0 radical (unpaired) electrons. The lowest BCUT2D eigenvalue weighted by molar-refractivity contribution is -0.151. The van der Waals surface area contributed by atoms with E-state index in [2.05, 4.69) is 19.9 Å². The van der Waals surface area contributed by atoms with Gasteiger partial charge in [0.15, 0.2) is 0 Å². The van der Waals surface area contributed by atoms with Crippen LogP contribution in [0.2, 0.25) is 0 Å². The van der Waals surface area contributed by atoms with Crippen molar-refractivity contribution in [3.63, 3.8) is 0 Å². The van der Waals surface area contributed by atoms with E-state index in [1.54, 1.807) is 12.5 Å². The summed E-state index contributed by atoms with van der Waals surface area (Å²) in [6.45, 7) is 6.62. The molecule has 0 spiro atoms. The number of rotatable bonds is 1. The molecule has 2 nitrogen and oxygen atoms in total. The third-order valence-electron chi connectivity index (χ3n) is 8.08. The van der Waals surface area contributed by atoms with E-state index in [1.165, 1.54) is 44.9 Å². The Kier molecular flexibility index (Phi) is 3.66. The molecule has 0 aliphatic heterocycles. The number of fused-ring (bicyclic) bond motifs is 5. The first-order valence-corrected chi connectivity index (χ1v) is 9.80. The molecule has 2 heteroatoms. The maximum atomic E-state index is 11.3. The van der Waals surface area contributed by atoms with E-state index in [1.807, 2.05) is 0 Å². The van der Waals surface area contributed by atoms with Gasteiger partial charge in [0.25, 0.3) is 0 Å². The molecule has 0 heterocycles. The molecule has 23 heavy (non-hydrogen) atoms. The van der Waals surface area contributed by atoms with Gasteiger partial charge in [0.2, 0.25) is 0 Å². The summed E-state index contributed by atoms with van der Waals surface area (Å²) in [5.74, 6) is 2.40. The molecular weight excluding hydrogens is 284 g/mol. The Morgan fingerprint density at radius 2 is 2.00 bits per heavy atom. The van der Waals surface area contributed by atoms with Gasteiger partial charge in [-0.2, -0.15) is 0 Å². The highest BCUT2D eigenvalue weighted by Gasteiger charge is 2.54. The van der Waals surface area contributed by atoms with E-state index >= 15 is 0 Å². The van der Waals surface area contributed by atoms with E-state index in [0.717, 1.165) is 24.7 Å². The van der Waals surface area contributed by atoms with Gasteiger partial charge >= 0.3 is 5.97 Å². The van der Waals surface area contributed by atoms with Gasteiger partial charge < -0.3 is 4.74 Å². The summed E-state index contributed by atoms with van der Waals surface area (Å²) in [7, 11) is 0. The summed E-state index contributed by atoms with van der Waals surface area (Å²) in [5.41, 5.74) is 2.77. The lowest BCUT2D eigenvalue weighted by Gasteiger charge is -2.56. The highest BCUT2D eigenvalue weighted by atomic mass is 16.5. The minimum atomic E-state index is -0.106. The number of ether oxygens (including phenoxy) is 1. The molecule has 0 bridgehead atoms. The molecule has 0 saturated heterocycles. The second-order valence-corrected chi connectivity index (χ2v) is 9.32. The molecule has 6 atom stereocenters. The zero-order chi connectivity index (χ0) is 16.2. The first-order valence-electron chi connectivity index (χ1n) is 9.80. The van der Waals surface area contributed by atoms with Crippen LogP contribution >= 0.6 is 0 Å². The van der Waals surface area contributed by atoms with Gasteiger partial charge in [-0.15, -0.1) is 0 Å². The Labute approximate surface area is 141 Å². The third-order valence-corrected chi connectivity index (χ3v) is 8.08. The molecule has 0 aromatic heterocycles. The zero-order valence-corrected chi connectivity index (χ0v) is 15.1. The van der Waals surface area contributed by atoms with Crippen LogP contribution in [0.1, 0.15) is 78.6 Å². The largest absolute Gasteiger partial charge is 0.463 e. The summed E-state index contributed by atoms with van der Waals surface area (Å²) < 4.78 is 5.55. The van der Waals surface area contributed by atoms with E-state index in [-0.39, 0.29) is 12.1 Å². The van der Waals surface area contributed by atoms with Crippen molar-refractivity contribution in [3.8, 4) is 0 Å². The number of carbonyl (C=O) groups excluding carboxylic acids is 1. The molecule has 3 saturated carbocycles. The molecule has 128 valence electrons. The van der Waals surface area contributed by atoms with Gasteiger partial charge in [0.05, 0.1) is 0 Å². The van der Waals surface area contributed by atoms with Crippen LogP contribution in [0, 0.1) is 28.6 Å². The number of allylic oxidation sites excluding steroid dienone is 2. The Hall–Kier alpha value is -0.790. The monoisotopic (exact) mass is 316 g/mol. The second kappa shape index (κ2) is 5.36. The first-order chi connectivity index (χ1) is 10.9. The van der Waals surface area contributed by atoms with Crippen LogP contribution in [-0.4, -0.2) is 12.1 Å². The van der Waals surface area contributed by atoms with Gasteiger partial charge in [0.1, 0.15) is 6.10 Å². The van der Waals surface area contributed by atoms with Crippen LogP contribution in [0.4, 0.5) is 0 Å². The summed E-state index contributed by atoms with van der Waals surface area (Å²) in [5, 5.41) is 0. The molecule has 4 aliphatic carbocycles. The zero-order valence-electron chi connectivity index (χ0n) is 15.1. The molecule has 0 aromatic carbocycles. The molecule has 4 rings (SSSR count). The SMILES string of the molecule is CC(=O)O[C@@H]1CC[C@]2(C)C3=CC[C@]4(C)CCC[C@H]4[C@@H]3CC[C@H]2C1. The van der Waals surface area contributed by atoms with Crippen molar-refractivity contribution >= 4 is 5.97 Å². The molecule has 4 aliphatic rings. The van der Waals surface area contributed by atoms with Gasteiger partial charge in [-0.05, 0) is 80.0 Å². The van der Waals surface area contributed by atoms with Crippen molar-refractivity contribution in [3.05, 3.63) is 11.6 Å². The van der Waals surface area contributed by atoms with Crippen LogP contribution in [0.25, 0.3) is 0 Å². The van der Waals surface area contributed by atoms with Crippen molar-refractivity contribution in [1.82, 2.24) is 0 Å². The van der Waals surface area contributed by atoms with E-state index < -0.39 is 0 Å². The van der Waals surface area contributed by atoms with Crippen molar-refractivity contribution in [1.29, 1.82) is 0 Å². The van der Waals surface area contributed by atoms with E-state index in [4.69, 9.17) is 4.74 Å². The van der Waals surface area contributed by atoms with Crippen molar-refractivity contribution in [2.45, 2.75) is 84.7 Å². The minimum absolute atomic E-state index is 0.106. The molecular formula is C21H32O2. The maximum Gasteiger partial charge on any atom is 0.302 e. The first kappa shape index (κ1) is 15.7. The number of hydrogen-bond donors (Lipinski definition) is 0. The van der Waals surface area contributed by atoms with Crippen LogP contribution in [0.5, 0.6) is 0 Å². The minimum Gasteiger partial charge on any atom is -0.463 e. The lowest BCUT2D eigenvalue weighted by Crippen LogP contribution is -2.48.